The van der Waals surface area contributed by atoms with Gasteiger partial charge in [0.25, 0.3) is 0 Å². The molecule has 0 aliphatic carbocycles. The van der Waals surface area contributed by atoms with Gasteiger partial charge < -0.3 is 5.32 Å². The molecule has 0 amide bonds. The Kier molecular flexibility index (Phi) is 3.10. The lowest BCUT2D eigenvalue weighted by molar-refractivity contribution is 0.591. The molecule has 0 spiro atoms. The number of hydrogen-bond donors (Lipinski definition) is 1. The highest BCUT2D eigenvalue weighted by Gasteiger charge is 2.30. The number of anilines is 1. The zero-order valence-corrected chi connectivity index (χ0v) is 11.2. The average molecular weight is 277 g/mol. The van der Waals surface area contributed by atoms with Gasteiger partial charge in [-0.05, 0) is 25.0 Å². The van der Waals surface area contributed by atoms with Crippen molar-refractivity contribution < 1.29 is 8.42 Å². The Morgan fingerprint density at radius 2 is 2.05 bits per heavy atom. The first-order chi connectivity index (χ1) is 9.15. The molecule has 1 aliphatic rings. The maximum absolute atomic E-state index is 11.7. The summed E-state index contributed by atoms with van der Waals surface area (Å²) < 4.78 is 23.4. The van der Waals surface area contributed by atoms with E-state index < -0.39 is 9.84 Å². The standard InChI is InChI=1S/C13H15N3O2S/c17-19(18)7-3-4-10(19)8-15-13-9-14-11-5-1-2-6-12(11)16-13/h1-2,5-6,9-10H,3-4,7-8H2,(H,15,16). The molecule has 1 saturated heterocycles. The second-order valence-corrected chi connectivity index (χ2v) is 7.16. The average Bonchev–Trinajstić information content (AvgIpc) is 2.75. The summed E-state index contributed by atoms with van der Waals surface area (Å²) in [4.78, 5) is 8.70. The van der Waals surface area contributed by atoms with E-state index in [1.54, 1.807) is 6.20 Å². The fraction of sp³-hybridized carbons (Fsp3) is 0.385. The fourth-order valence-electron chi connectivity index (χ4n) is 2.35. The van der Waals surface area contributed by atoms with Gasteiger partial charge >= 0.3 is 0 Å². The third-order valence-electron chi connectivity index (χ3n) is 3.42. The van der Waals surface area contributed by atoms with Crippen molar-refractivity contribution in [2.24, 2.45) is 0 Å². The number of rotatable bonds is 3. The van der Waals surface area contributed by atoms with Crippen molar-refractivity contribution >= 4 is 26.7 Å². The van der Waals surface area contributed by atoms with Crippen LogP contribution in [0.15, 0.2) is 30.5 Å². The number of nitrogens with one attached hydrogen (secondary N) is 1. The number of nitrogens with zero attached hydrogens (tertiary/aromatic N) is 2. The van der Waals surface area contributed by atoms with E-state index in [1.807, 2.05) is 24.3 Å². The summed E-state index contributed by atoms with van der Waals surface area (Å²) >= 11 is 0. The predicted molar refractivity (Wildman–Crippen MR) is 74.8 cm³/mol. The van der Waals surface area contributed by atoms with Gasteiger partial charge in [-0.2, -0.15) is 0 Å². The molecule has 2 aromatic rings. The largest absolute Gasteiger partial charge is 0.367 e. The lowest BCUT2D eigenvalue weighted by Crippen LogP contribution is -2.25. The fourth-order valence-corrected chi connectivity index (χ4v) is 4.11. The lowest BCUT2D eigenvalue weighted by atomic mass is 10.2. The second-order valence-electron chi connectivity index (χ2n) is 4.76. The van der Waals surface area contributed by atoms with E-state index >= 15 is 0 Å². The molecule has 1 N–H and O–H groups in total. The van der Waals surface area contributed by atoms with Crippen LogP contribution in [0.25, 0.3) is 11.0 Å². The van der Waals surface area contributed by atoms with E-state index in [2.05, 4.69) is 15.3 Å². The molecule has 0 saturated carbocycles. The van der Waals surface area contributed by atoms with E-state index in [9.17, 15) is 8.42 Å². The van der Waals surface area contributed by atoms with Crippen LogP contribution in [0.5, 0.6) is 0 Å². The molecule has 19 heavy (non-hydrogen) atoms. The third kappa shape index (κ3) is 2.53. The van der Waals surface area contributed by atoms with E-state index in [4.69, 9.17) is 0 Å². The molecule has 100 valence electrons. The molecule has 5 nitrogen and oxygen atoms in total. The van der Waals surface area contributed by atoms with Crippen molar-refractivity contribution in [2.75, 3.05) is 17.6 Å². The van der Waals surface area contributed by atoms with Gasteiger partial charge in [0, 0.05) is 6.54 Å². The third-order valence-corrected chi connectivity index (χ3v) is 5.70. The minimum Gasteiger partial charge on any atom is -0.367 e. The summed E-state index contributed by atoms with van der Waals surface area (Å²) in [5.41, 5.74) is 1.64. The highest BCUT2D eigenvalue weighted by atomic mass is 32.2. The van der Waals surface area contributed by atoms with Crippen molar-refractivity contribution in [3.05, 3.63) is 30.5 Å². The van der Waals surface area contributed by atoms with E-state index in [0.29, 0.717) is 18.1 Å². The van der Waals surface area contributed by atoms with Crippen molar-refractivity contribution in [1.29, 1.82) is 0 Å². The summed E-state index contributed by atoms with van der Waals surface area (Å²) in [6, 6.07) is 7.60. The molecule has 2 heterocycles. The van der Waals surface area contributed by atoms with Crippen LogP contribution in [-0.4, -0.2) is 35.9 Å². The summed E-state index contributed by atoms with van der Waals surface area (Å²) in [6.07, 6.45) is 3.14. The van der Waals surface area contributed by atoms with E-state index in [1.165, 1.54) is 0 Å². The van der Waals surface area contributed by atoms with E-state index in [-0.39, 0.29) is 5.25 Å². The van der Waals surface area contributed by atoms with Gasteiger partial charge in [-0.25, -0.2) is 13.4 Å². The molecular formula is C13H15N3O2S. The van der Waals surface area contributed by atoms with Crippen LogP contribution in [0.3, 0.4) is 0 Å². The molecule has 1 aromatic heterocycles. The maximum Gasteiger partial charge on any atom is 0.154 e. The predicted octanol–water partition coefficient (Wildman–Crippen LogP) is 1.62. The van der Waals surface area contributed by atoms with Gasteiger partial charge in [-0.3, -0.25) is 4.98 Å². The molecule has 1 atom stereocenters. The number of benzene rings is 1. The summed E-state index contributed by atoms with van der Waals surface area (Å²) in [7, 11) is -2.91. The zero-order valence-electron chi connectivity index (χ0n) is 10.4. The Labute approximate surface area is 112 Å². The minimum absolute atomic E-state index is 0.291. The monoisotopic (exact) mass is 277 g/mol. The minimum atomic E-state index is -2.91. The number of aromatic nitrogens is 2. The molecule has 1 fully saturated rings. The molecule has 6 heteroatoms. The van der Waals surface area contributed by atoms with Gasteiger partial charge in [-0.15, -0.1) is 0 Å². The first-order valence-electron chi connectivity index (χ1n) is 6.32. The Bertz CT molecular complexity index is 700. The Morgan fingerprint density at radius 1 is 1.26 bits per heavy atom. The normalized spacial score (nSPS) is 21.6. The van der Waals surface area contributed by atoms with Crippen LogP contribution < -0.4 is 5.32 Å². The Morgan fingerprint density at radius 3 is 2.79 bits per heavy atom. The van der Waals surface area contributed by atoms with Crippen LogP contribution in [0.2, 0.25) is 0 Å². The van der Waals surface area contributed by atoms with Crippen molar-refractivity contribution in [2.45, 2.75) is 18.1 Å². The molecule has 1 aliphatic heterocycles. The summed E-state index contributed by atoms with van der Waals surface area (Å²) in [6.45, 7) is 0.412. The summed E-state index contributed by atoms with van der Waals surface area (Å²) in [5, 5.41) is 2.79. The lowest BCUT2D eigenvalue weighted by Gasteiger charge is -2.11. The molecule has 0 bridgehead atoms. The van der Waals surface area contributed by atoms with Gasteiger partial charge in [0.2, 0.25) is 0 Å². The highest BCUT2D eigenvalue weighted by molar-refractivity contribution is 7.92. The molecule has 1 aromatic carbocycles. The van der Waals surface area contributed by atoms with Crippen molar-refractivity contribution in [1.82, 2.24) is 9.97 Å². The molecular weight excluding hydrogens is 262 g/mol. The van der Waals surface area contributed by atoms with Crippen molar-refractivity contribution in [3.63, 3.8) is 0 Å². The number of fused-ring (bicyclic) bond motifs is 1. The van der Waals surface area contributed by atoms with Gasteiger partial charge in [-0.1, -0.05) is 12.1 Å². The molecule has 3 rings (SSSR count). The van der Waals surface area contributed by atoms with Crippen LogP contribution in [0.4, 0.5) is 5.82 Å². The van der Waals surface area contributed by atoms with Crippen LogP contribution in [-0.2, 0) is 9.84 Å². The number of sulfone groups is 1. The smallest absolute Gasteiger partial charge is 0.154 e. The maximum atomic E-state index is 11.7. The molecule has 0 radical (unpaired) electrons. The zero-order chi connectivity index (χ0) is 13.3. The second kappa shape index (κ2) is 4.77. The topological polar surface area (TPSA) is 72.0 Å². The van der Waals surface area contributed by atoms with Gasteiger partial charge in [0.15, 0.2) is 9.84 Å². The SMILES string of the molecule is O=S1(=O)CCCC1CNc1cnc2ccccc2n1. The van der Waals surface area contributed by atoms with Crippen LogP contribution >= 0.6 is 0 Å². The first-order valence-corrected chi connectivity index (χ1v) is 8.04. The number of para-hydroxylation sites is 2. The van der Waals surface area contributed by atoms with Gasteiger partial charge in [0.1, 0.15) is 5.82 Å². The molecule has 1 unspecified atom stereocenters. The van der Waals surface area contributed by atoms with E-state index in [0.717, 1.165) is 23.9 Å². The highest BCUT2D eigenvalue weighted by Crippen LogP contribution is 2.20. The Hall–Kier alpha value is -1.69. The first kappa shape index (κ1) is 12.3. The van der Waals surface area contributed by atoms with Gasteiger partial charge in [0.05, 0.1) is 28.2 Å². The quantitative estimate of drug-likeness (QED) is 0.923. The Balaban J connectivity index is 1.75. The summed E-state index contributed by atoms with van der Waals surface area (Å²) in [5.74, 6) is 0.934. The van der Waals surface area contributed by atoms with Crippen LogP contribution in [0, 0.1) is 0 Å². The van der Waals surface area contributed by atoms with Crippen LogP contribution in [0.1, 0.15) is 12.8 Å². The number of hydrogen-bond acceptors (Lipinski definition) is 5. The van der Waals surface area contributed by atoms with Crippen molar-refractivity contribution in [3.8, 4) is 0 Å².